The Bertz CT molecular complexity index is 643. The van der Waals surface area contributed by atoms with Gasteiger partial charge in [-0.15, -0.1) is 0 Å². The molecule has 1 amide bonds. The summed E-state index contributed by atoms with van der Waals surface area (Å²) in [4.78, 5) is 18.4. The summed E-state index contributed by atoms with van der Waals surface area (Å²) in [5, 5.41) is 20.9. The van der Waals surface area contributed by atoms with Gasteiger partial charge in [-0.25, -0.2) is 4.98 Å². The lowest BCUT2D eigenvalue weighted by Gasteiger charge is -2.37. The summed E-state index contributed by atoms with van der Waals surface area (Å²) in [6.07, 6.45) is 2.77. The van der Waals surface area contributed by atoms with Gasteiger partial charge in [-0.1, -0.05) is 6.07 Å². The van der Waals surface area contributed by atoms with Crippen molar-refractivity contribution in [2.24, 2.45) is 0 Å². The second kappa shape index (κ2) is 5.25. The maximum Gasteiger partial charge on any atom is 0.272 e. The van der Waals surface area contributed by atoms with E-state index in [-0.39, 0.29) is 12.5 Å². The van der Waals surface area contributed by atoms with Gasteiger partial charge in [0.05, 0.1) is 12.7 Å². The monoisotopic (exact) mass is 287 g/mol. The number of pyridine rings is 1. The Morgan fingerprint density at radius 1 is 1.48 bits per heavy atom. The number of amides is 1. The molecule has 21 heavy (non-hydrogen) atoms. The highest BCUT2D eigenvalue weighted by Crippen LogP contribution is 2.30. The zero-order valence-corrected chi connectivity index (χ0v) is 11.8. The van der Waals surface area contributed by atoms with Crippen molar-refractivity contribution in [1.82, 2.24) is 25.3 Å². The van der Waals surface area contributed by atoms with E-state index < -0.39 is 5.60 Å². The van der Waals surface area contributed by atoms with Crippen LogP contribution in [0.25, 0.3) is 0 Å². The van der Waals surface area contributed by atoms with E-state index in [0.717, 1.165) is 5.69 Å². The molecule has 2 N–H and O–H groups in total. The normalized spacial score (nSPS) is 22.3. The smallest absolute Gasteiger partial charge is 0.272 e. The number of nitrogens with one attached hydrogen (secondary N) is 1. The van der Waals surface area contributed by atoms with E-state index in [9.17, 15) is 9.90 Å². The maximum atomic E-state index is 12.5. The molecule has 0 bridgehead atoms. The first kappa shape index (κ1) is 13.7. The highest BCUT2D eigenvalue weighted by molar-refractivity contribution is 5.92. The van der Waals surface area contributed by atoms with Crippen LogP contribution in [0.15, 0.2) is 24.4 Å². The van der Waals surface area contributed by atoms with Gasteiger partial charge < -0.3 is 10.0 Å². The fourth-order valence-corrected chi connectivity index (χ4v) is 2.67. The SMILES string of the molecule is Cc1cccc(C(=O)N2CCCC(O)(c3cn[nH]n3)C2)n1. The highest BCUT2D eigenvalue weighted by atomic mass is 16.3. The van der Waals surface area contributed by atoms with Gasteiger partial charge in [-0.2, -0.15) is 15.4 Å². The minimum absolute atomic E-state index is 0.166. The number of hydrogen-bond acceptors (Lipinski definition) is 5. The summed E-state index contributed by atoms with van der Waals surface area (Å²) < 4.78 is 0. The number of β-amino-alcohol motifs (C(OH)–C–C–N with tert-alkyl or cyclic N) is 1. The van der Waals surface area contributed by atoms with Gasteiger partial charge in [0.15, 0.2) is 0 Å². The van der Waals surface area contributed by atoms with E-state index in [2.05, 4.69) is 20.4 Å². The molecule has 110 valence electrons. The molecule has 1 atom stereocenters. The number of aromatic nitrogens is 4. The summed E-state index contributed by atoms with van der Waals surface area (Å²) >= 11 is 0. The van der Waals surface area contributed by atoms with Gasteiger partial charge in [0.25, 0.3) is 5.91 Å². The van der Waals surface area contributed by atoms with Crippen LogP contribution in [-0.2, 0) is 5.60 Å². The number of H-pyrrole nitrogens is 1. The molecule has 0 radical (unpaired) electrons. The third kappa shape index (κ3) is 2.64. The zero-order chi connectivity index (χ0) is 14.9. The fourth-order valence-electron chi connectivity index (χ4n) is 2.67. The quantitative estimate of drug-likeness (QED) is 0.845. The minimum atomic E-state index is -1.15. The lowest BCUT2D eigenvalue weighted by atomic mass is 9.90. The van der Waals surface area contributed by atoms with Gasteiger partial charge in [0.2, 0.25) is 0 Å². The molecule has 0 aliphatic carbocycles. The molecule has 3 rings (SSSR count). The summed E-state index contributed by atoms with van der Waals surface area (Å²) in [7, 11) is 0. The number of rotatable bonds is 2. The van der Waals surface area contributed by atoms with E-state index in [0.29, 0.717) is 30.8 Å². The van der Waals surface area contributed by atoms with Gasteiger partial charge in [0, 0.05) is 12.2 Å². The zero-order valence-electron chi connectivity index (χ0n) is 11.8. The number of aryl methyl sites for hydroxylation is 1. The maximum absolute atomic E-state index is 12.5. The molecule has 2 aromatic heterocycles. The third-order valence-electron chi connectivity index (χ3n) is 3.76. The second-order valence-electron chi connectivity index (χ2n) is 5.38. The van der Waals surface area contributed by atoms with Crippen LogP contribution in [0.5, 0.6) is 0 Å². The molecule has 1 fully saturated rings. The van der Waals surface area contributed by atoms with E-state index in [4.69, 9.17) is 0 Å². The second-order valence-corrected chi connectivity index (χ2v) is 5.38. The number of nitrogens with zero attached hydrogens (tertiary/aromatic N) is 4. The summed E-state index contributed by atoms with van der Waals surface area (Å²) in [5.74, 6) is -0.166. The van der Waals surface area contributed by atoms with Crippen LogP contribution in [0, 0.1) is 6.92 Å². The van der Waals surface area contributed by atoms with Gasteiger partial charge in [-0.05, 0) is 31.9 Å². The van der Waals surface area contributed by atoms with Crippen molar-refractivity contribution in [3.63, 3.8) is 0 Å². The Hall–Kier alpha value is -2.28. The molecule has 7 heteroatoms. The molecular formula is C14H17N5O2. The topological polar surface area (TPSA) is 95.0 Å². The van der Waals surface area contributed by atoms with Crippen molar-refractivity contribution < 1.29 is 9.90 Å². The van der Waals surface area contributed by atoms with Gasteiger partial charge in [-0.3, -0.25) is 4.79 Å². The molecule has 7 nitrogen and oxygen atoms in total. The number of aromatic amines is 1. The number of likely N-dealkylation sites (tertiary alicyclic amines) is 1. The van der Waals surface area contributed by atoms with Gasteiger partial charge in [0.1, 0.15) is 17.0 Å². The molecule has 3 heterocycles. The van der Waals surface area contributed by atoms with Gasteiger partial charge >= 0.3 is 0 Å². The number of carbonyl (C=O) groups excluding carboxylic acids is 1. The molecular weight excluding hydrogens is 270 g/mol. The van der Waals surface area contributed by atoms with Crippen molar-refractivity contribution in [2.45, 2.75) is 25.4 Å². The van der Waals surface area contributed by atoms with Crippen LogP contribution in [0.3, 0.4) is 0 Å². The van der Waals surface area contributed by atoms with E-state index in [1.807, 2.05) is 19.1 Å². The third-order valence-corrected chi connectivity index (χ3v) is 3.76. The van der Waals surface area contributed by atoms with Crippen molar-refractivity contribution in [1.29, 1.82) is 0 Å². The van der Waals surface area contributed by atoms with Crippen molar-refractivity contribution >= 4 is 5.91 Å². The first-order valence-corrected chi connectivity index (χ1v) is 6.90. The average molecular weight is 287 g/mol. The lowest BCUT2D eigenvalue weighted by Crippen LogP contribution is -2.49. The molecule has 1 aliphatic heterocycles. The molecule has 1 aliphatic rings. The largest absolute Gasteiger partial charge is 0.382 e. The van der Waals surface area contributed by atoms with Crippen LogP contribution in [0.2, 0.25) is 0 Å². The van der Waals surface area contributed by atoms with E-state index in [1.165, 1.54) is 6.20 Å². The van der Waals surface area contributed by atoms with E-state index in [1.54, 1.807) is 11.0 Å². The van der Waals surface area contributed by atoms with E-state index >= 15 is 0 Å². The molecule has 1 saturated heterocycles. The molecule has 0 aromatic carbocycles. The first-order valence-electron chi connectivity index (χ1n) is 6.90. The Balaban J connectivity index is 1.82. The number of hydrogen-bond donors (Lipinski definition) is 2. The molecule has 1 unspecified atom stereocenters. The van der Waals surface area contributed by atoms with Crippen LogP contribution in [0.4, 0.5) is 0 Å². The summed E-state index contributed by atoms with van der Waals surface area (Å²) in [6.45, 7) is 2.65. The lowest BCUT2D eigenvalue weighted by molar-refractivity contribution is -0.0321. The standard InChI is InChI=1S/C14H17N5O2/c1-10-4-2-5-11(16-10)13(20)19-7-3-6-14(21,9-19)12-8-15-18-17-12/h2,4-5,8,21H,3,6-7,9H2,1H3,(H,15,17,18). The Kier molecular flexibility index (Phi) is 3.42. The average Bonchev–Trinajstić information content (AvgIpc) is 3.01. The predicted octanol–water partition coefficient (Wildman–Crippen LogP) is 0.632. The predicted molar refractivity (Wildman–Crippen MR) is 74.4 cm³/mol. The summed E-state index contributed by atoms with van der Waals surface area (Å²) in [5.41, 5.74) is 0.520. The van der Waals surface area contributed by atoms with Crippen LogP contribution < -0.4 is 0 Å². The van der Waals surface area contributed by atoms with Crippen molar-refractivity contribution in [2.75, 3.05) is 13.1 Å². The Morgan fingerprint density at radius 3 is 3.05 bits per heavy atom. The van der Waals surface area contributed by atoms with Crippen LogP contribution in [0.1, 0.15) is 34.7 Å². The highest BCUT2D eigenvalue weighted by Gasteiger charge is 2.39. The van der Waals surface area contributed by atoms with Crippen LogP contribution in [-0.4, -0.2) is 49.4 Å². The Labute approximate surface area is 122 Å². The van der Waals surface area contributed by atoms with Crippen LogP contribution >= 0.6 is 0 Å². The number of carbonyl (C=O) groups is 1. The first-order chi connectivity index (χ1) is 10.1. The van der Waals surface area contributed by atoms with Crippen molar-refractivity contribution in [3.05, 3.63) is 41.5 Å². The fraction of sp³-hybridized carbons (Fsp3) is 0.429. The summed E-state index contributed by atoms with van der Waals surface area (Å²) in [6, 6.07) is 5.35. The molecule has 0 saturated carbocycles. The molecule has 0 spiro atoms. The number of piperidine rings is 1. The minimum Gasteiger partial charge on any atom is -0.382 e. The number of aliphatic hydroxyl groups is 1. The molecule has 2 aromatic rings. The van der Waals surface area contributed by atoms with Crippen molar-refractivity contribution in [3.8, 4) is 0 Å². The Morgan fingerprint density at radius 2 is 2.33 bits per heavy atom.